The fraction of sp³-hybridized carbons (Fsp3) is 0.0800. The standard InChI is InChI=1S/C25H19N3PS.Ir/c1-27-19-10-3-5-12-23(19)29(30)24-13-6-4-11-20(24)28(2)22-16-17(15-21(27)25(22)29)18-9-7-8-14-26-18;/h3-15H,1-2H3;/q-1;. The number of pyridine rings is 1. The predicted molar refractivity (Wildman–Crippen MR) is 131 cm³/mol. The van der Waals surface area contributed by atoms with E-state index in [0.717, 1.165) is 22.6 Å². The van der Waals surface area contributed by atoms with Gasteiger partial charge in [-0.15, -0.1) is 17.7 Å². The molecule has 2 aliphatic rings. The van der Waals surface area contributed by atoms with Crippen LogP contribution in [-0.4, -0.2) is 19.1 Å². The van der Waals surface area contributed by atoms with Crippen molar-refractivity contribution in [3.63, 3.8) is 0 Å². The largest absolute Gasteiger partial charge is 0.361 e. The van der Waals surface area contributed by atoms with Crippen LogP contribution in [-0.2, 0) is 31.9 Å². The third-order valence-corrected chi connectivity index (χ3v) is 11.0. The van der Waals surface area contributed by atoms with Crippen molar-refractivity contribution in [3.8, 4) is 11.3 Å². The molecular weight excluding hydrogens is 598 g/mol. The normalized spacial score (nSPS) is 17.9. The van der Waals surface area contributed by atoms with E-state index in [1.54, 1.807) is 0 Å². The van der Waals surface area contributed by atoms with E-state index in [2.05, 4.69) is 89.5 Å². The summed E-state index contributed by atoms with van der Waals surface area (Å²) in [6.07, 6.45) is 1.83. The summed E-state index contributed by atoms with van der Waals surface area (Å²) in [6.45, 7) is 0. The first-order valence-electron chi connectivity index (χ1n) is 9.89. The molecule has 31 heavy (non-hydrogen) atoms. The Morgan fingerprint density at radius 3 is 2.06 bits per heavy atom. The van der Waals surface area contributed by atoms with Gasteiger partial charge in [-0.05, 0) is 40.6 Å². The number of hydrogen-bond donors (Lipinski definition) is 0. The maximum atomic E-state index is 6.65. The van der Waals surface area contributed by atoms with Gasteiger partial charge in [-0.25, -0.2) is 0 Å². The molecule has 1 aromatic heterocycles. The van der Waals surface area contributed by atoms with Gasteiger partial charge in [-0.1, -0.05) is 60.3 Å². The van der Waals surface area contributed by atoms with Crippen LogP contribution < -0.4 is 25.7 Å². The van der Waals surface area contributed by atoms with Crippen molar-refractivity contribution < 1.29 is 20.1 Å². The summed E-state index contributed by atoms with van der Waals surface area (Å²) < 4.78 is 0. The number of benzene rings is 3. The number of fused-ring (bicyclic) bond motifs is 4. The zero-order valence-electron chi connectivity index (χ0n) is 17.0. The summed E-state index contributed by atoms with van der Waals surface area (Å²) in [7, 11) is 4.25. The van der Waals surface area contributed by atoms with Crippen molar-refractivity contribution in [2.24, 2.45) is 0 Å². The van der Waals surface area contributed by atoms with Gasteiger partial charge in [0.05, 0.1) is 0 Å². The summed E-state index contributed by atoms with van der Waals surface area (Å²) in [5.41, 5.74) is 6.50. The van der Waals surface area contributed by atoms with E-state index in [1.807, 2.05) is 24.4 Å². The molecule has 0 amide bonds. The monoisotopic (exact) mass is 617 g/mol. The second kappa shape index (κ2) is 7.39. The third-order valence-electron chi connectivity index (χ3n) is 6.12. The van der Waals surface area contributed by atoms with Gasteiger partial charge in [-0.3, -0.25) is 0 Å². The van der Waals surface area contributed by atoms with Crippen LogP contribution in [0.15, 0.2) is 79.0 Å². The Morgan fingerprint density at radius 1 is 0.806 bits per heavy atom. The predicted octanol–water partition coefficient (Wildman–Crippen LogP) is 4.46. The summed E-state index contributed by atoms with van der Waals surface area (Å²) in [4.78, 5) is 9.10. The van der Waals surface area contributed by atoms with Crippen LogP contribution in [0.5, 0.6) is 0 Å². The molecule has 3 heterocycles. The number of anilines is 4. The molecule has 3 nitrogen and oxygen atoms in total. The number of rotatable bonds is 1. The number of hydrogen-bond acceptors (Lipinski definition) is 4. The molecular formula is C25H19IrN3PS-. The maximum absolute atomic E-state index is 6.65. The second-order valence-electron chi connectivity index (χ2n) is 7.69. The van der Waals surface area contributed by atoms with Crippen molar-refractivity contribution in [2.75, 3.05) is 23.9 Å². The van der Waals surface area contributed by atoms with Crippen LogP contribution in [0.3, 0.4) is 0 Å². The molecule has 0 N–H and O–H groups in total. The molecule has 0 saturated heterocycles. The molecule has 3 aromatic carbocycles. The first-order valence-corrected chi connectivity index (χ1v) is 12.7. The molecule has 0 spiro atoms. The van der Waals surface area contributed by atoms with Crippen LogP contribution in [0, 0.1) is 6.07 Å². The molecule has 2 aliphatic heterocycles. The Hall–Kier alpha value is -2.29. The fourth-order valence-electron chi connectivity index (χ4n) is 4.67. The fourth-order valence-corrected chi connectivity index (χ4v) is 9.60. The van der Waals surface area contributed by atoms with Crippen LogP contribution in [0.25, 0.3) is 11.3 Å². The van der Waals surface area contributed by atoms with Crippen LogP contribution in [0.2, 0.25) is 0 Å². The topological polar surface area (TPSA) is 19.4 Å². The Kier molecular flexibility index (Phi) is 4.91. The van der Waals surface area contributed by atoms with Crippen molar-refractivity contribution in [1.82, 2.24) is 4.98 Å². The molecule has 1 unspecified atom stereocenters. The summed E-state index contributed by atoms with van der Waals surface area (Å²) >= 11 is 6.65. The van der Waals surface area contributed by atoms with Crippen molar-refractivity contribution in [2.45, 2.75) is 0 Å². The van der Waals surface area contributed by atoms with Crippen molar-refractivity contribution in [1.29, 1.82) is 0 Å². The zero-order valence-corrected chi connectivity index (χ0v) is 21.1. The first kappa shape index (κ1) is 20.6. The molecule has 1 atom stereocenters. The van der Waals surface area contributed by atoms with Gasteiger partial charge in [0, 0.05) is 68.4 Å². The number of aromatic nitrogens is 1. The minimum Gasteiger partial charge on any atom is -0.361 e. The van der Waals surface area contributed by atoms with E-state index in [0.29, 0.717) is 0 Å². The Bertz CT molecular complexity index is 1290. The second-order valence-corrected chi connectivity index (χ2v) is 12.0. The summed E-state index contributed by atoms with van der Waals surface area (Å²) in [5, 5.41) is 3.76. The Balaban J connectivity index is 0.00000204. The SMILES string of the molecule is CN1c2[c-]c(-c3ccccn3)cc3c2P(=S)(c2ccccc21)c1ccccc1N3C.[Ir]. The quantitative estimate of drug-likeness (QED) is 0.232. The molecule has 0 bridgehead atoms. The Morgan fingerprint density at radius 2 is 1.42 bits per heavy atom. The van der Waals surface area contributed by atoms with Crippen LogP contribution in [0.4, 0.5) is 22.7 Å². The molecule has 0 saturated carbocycles. The molecule has 0 aliphatic carbocycles. The van der Waals surface area contributed by atoms with E-state index >= 15 is 0 Å². The molecule has 0 fully saturated rings. The Labute approximate surface area is 201 Å². The van der Waals surface area contributed by atoms with E-state index in [4.69, 9.17) is 11.8 Å². The zero-order chi connectivity index (χ0) is 20.5. The average molecular weight is 617 g/mol. The molecule has 4 aromatic rings. The van der Waals surface area contributed by atoms with Gasteiger partial charge in [0.2, 0.25) is 0 Å². The molecule has 1 radical (unpaired) electrons. The van der Waals surface area contributed by atoms with Gasteiger partial charge in [0.1, 0.15) is 0 Å². The van der Waals surface area contributed by atoms with E-state index in [9.17, 15) is 0 Å². The minimum absolute atomic E-state index is 0. The van der Waals surface area contributed by atoms with E-state index < -0.39 is 6.04 Å². The number of nitrogens with zero attached hydrogens (tertiary/aromatic N) is 3. The smallest absolute Gasteiger partial charge is 0.0479 e. The van der Waals surface area contributed by atoms with Gasteiger partial charge in [0.15, 0.2) is 0 Å². The number of para-hydroxylation sites is 2. The minimum atomic E-state index is -2.20. The molecule has 6 heteroatoms. The summed E-state index contributed by atoms with van der Waals surface area (Å²) in [5.74, 6) is 0. The van der Waals surface area contributed by atoms with Gasteiger partial charge in [-0.2, -0.15) is 0 Å². The van der Waals surface area contributed by atoms with Crippen LogP contribution >= 0.6 is 6.04 Å². The molecule has 6 rings (SSSR count). The van der Waals surface area contributed by atoms with E-state index in [-0.39, 0.29) is 20.1 Å². The van der Waals surface area contributed by atoms with Gasteiger partial charge < -0.3 is 14.8 Å². The van der Waals surface area contributed by atoms with Gasteiger partial charge in [0.25, 0.3) is 0 Å². The summed E-state index contributed by atoms with van der Waals surface area (Å²) in [6, 6.07) is 26.9. The molecule has 155 valence electrons. The maximum Gasteiger partial charge on any atom is 0.0479 e. The van der Waals surface area contributed by atoms with Crippen LogP contribution in [0.1, 0.15) is 0 Å². The third kappa shape index (κ3) is 2.74. The van der Waals surface area contributed by atoms with Crippen molar-refractivity contribution >= 4 is 56.5 Å². The van der Waals surface area contributed by atoms with Gasteiger partial charge >= 0.3 is 0 Å². The first-order chi connectivity index (χ1) is 14.6. The van der Waals surface area contributed by atoms with Crippen molar-refractivity contribution in [3.05, 3.63) is 85.1 Å². The van der Waals surface area contributed by atoms with E-state index in [1.165, 1.54) is 27.3 Å². The average Bonchev–Trinajstić information content (AvgIpc) is 2.81.